The van der Waals surface area contributed by atoms with E-state index >= 15 is 0 Å². The summed E-state index contributed by atoms with van der Waals surface area (Å²) in [7, 11) is 0. The second-order valence-corrected chi connectivity index (χ2v) is 6.22. The molecule has 1 aliphatic rings. The van der Waals surface area contributed by atoms with Crippen molar-refractivity contribution in [1.82, 2.24) is 20.5 Å². The second kappa shape index (κ2) is 8.98. The van der Waals surface area contributed by atoms with Gasteiger partial charge in [0.25, 0.3) is 0 Å². The van der Waals surface area contributed by atoms with Crippen LogP contribution >= 0.6 is 0 Å². The number of carbonyl (C=O) groups excluding carboxylic acids is 2. The molecule has 0 spiro atoms. The van der Waals surface area contributed by atoms with Gasteiger partial charge in [-0.25, -0.2) is 14.2 Å². The van der Waals surface area contributed by atoms with E-state index < -0.39 is 0 Å². The number of urea groups is 1. The van der Waals surface area contributed by atoms with E-state index in [1.807, 2.05) is 18.2 Å². The van der Waals surface area contributed by atoms with Gasteiger partial charge < -0.3 is 20.4 Å². The van der Waals surface area contributed by atoms with E-state index in [-0.39, 0.29) is 30.8 Å². The zero-order valence-electron chi connectivity index (χ0n) is 14.9. The van der Waals surface area contributed by atoms with Crippen LogP contribution in [0.15, 0.2) is 48.7 Å². The maximum atomic E-state index is 12.8. The van der Waals surface area contributed by atoms with Crippen LogP contribution in [0.25, 0.3) is 0 Å². The molecule has 1 fully saturated rings. The van der Waals surface area contributed by atoms with Crippen LogP contribution in [0.5, 0.6) is 0 Å². The van der Waals surface area contributed by atoms with Crippen molar-refractivity contribution >= 4 is 17.8 Å². The monoisotopic (exact) mass is 371 g/mol. The van der Waals surface area contributed by atoms with Gasteiger partial charge in [-0.15, -0.1) is 0 Å². The van der Waals surface area contributed by atoms with Gasteiger partial charge in [0, 0.05) is 38.9 Å². The van der Waals surface area contributed by atoms with Crippen LogP contribution in [0.3, 0.4) is 0 Å². The van der Waals surface area contributed by atoms with Crippen molar-refractivity contribution in [1.29, 1.82) is 0 Å². The predicted molar refractivity (Wildman–Crippen MR) is 99.7 cm³/mol. The maximum absolute atomic E-state index is 12.8. The Hall–Kier alpha value is -3.16. The Morgan fingerprint density at radius 3 is 2.41 bits per heavy atom. The lowest BCUT2D eigenvalue weighted by atomic mass is 10.2. The van der Waals surface area contributed by atoms with Gasteiger partial charge in [-0.2, -0.15) is 0 Å². The van der Waals surface area contributed by atoms with Crippen molar-refractivity contribution in [2.24, 2.45) is 0 Å². The molecule has 2 N–H and O–H groups in total. The number of halogens is 1. The number of rotatable bonds is 5. The molecule has 8 heteroatoms. The molecule has 0 bridgehead atoms. The highest BCUT2D eigenvalue weighted by Crippen LogP contribution is 2.12. The fourth-order valence-corrected chi connectivity index (χ4v) is 2.81. The van der Waals surface area contributed by atoms with Crippen LogP contribution in [0.1, 0.15) is 5.56 Å². The lowest BCUT2D eigenvalue weighted by molar-refractivity contribution is -0.120. The summed E-state index contributed by atoms with van der Waals surface area (Å²) in [5, 5.41) is 5.33. The summed E-state index contributed by atoms with van der Waals surface area (Å²) in [5.74, 6) is 0.290. The first kappa shape index (κ1) is 18.6. The SMILES string of the molecule is O=C(CNC(=O)N1CCN(c2ccccn2)CC1)NCc1ccc(F)cc1. The van der Waals surface area contributed by atoms with Crippen molar-refractivity contribution in [3.63, 3.8) is 0 Å². The third kappa shape index (κ3) is 5.40. The third-order valence-corrected chi connectivity index (χ3v) is 4.34. The Kier molecular flexibility index (Phi) is 6.19. The minimum atomic E-state index is -0.319. The van der Waals surface area contributed by atoms with E-state index in [1.54, 1.807) is 23.2 Å². The lowest BCUT2D eigenvalue weighted by Gasteiger charge is -2.35. The largest absolute Gasteiger partial charge is 0.353 e. The van der Waals surface area contributed by atoms with Crippen LogP contribution in [0.2, 0.25) is 0 Å². The zero-order valence-corrected chi connectivity index (χ0v) is 14.9. The maximum Gasteiger partial charge on any atom is 0.317 e. The highest BCUT2D eigenvalue weighted by molar-refractivity contribution is 5.84. The Morgan fingerprint density at radius 1 is 1.00 bits per heavy atom. The number of benzene rings is 1. The molecular weight excluding hydrogens is 349 g/mol. The molecule has 0 unspecified atom stereocenters. The Bertz CT molecular complexity index is 761. The van der Waals surface area contributed by atoms with Gasteiger partial charge in [-0.05, 0) is 29.8 Å². The first-order chi connectivity index (χ1) is 13.1. The zero-order chi connectivity index (χ0) is 19.1. The minimum absolute atomic E-state index is 0.0967. The quantitative estimate of drug-likeness (QED) is 0.832. The van der Waals surface area contributed by atoms with Gasteiger partial charge >= 0.3 is 6.03 Å². The van der Waals surface area contributed by atoms with Gasteiger partial charge in [0.15, 0.2) is 0 Å². The van der Waals surface area contributed by atoms with Gasteiger partial charge in [0.05, 0.1) is 6.54 Å². The third-order valence-electron chi connectivity index (χ3n) is 4.34. The van der Waals surface area contributed by atoms with Gasteiger partial charge in [-0.1, -0.05) is 18.2 Å². The number of hydrogen-bond donors (Lipinski definition) is 2. The number of pyridine rings is 1. The fraction of sp³-hybridized carbons (Fsp3) is 0.316. The van der Waals surface area contributed by atoms with Crippen molar-refractivity contribution in [3.8, 4) is 0 Å². The standard InChI is InChI=1S/C19H22FN5O2/c20-16-6-4-15(5-7-16)13-22-18(26)14-23-19(27)25-11-9-24(10-12-25)17-3-1-2-8-21-17/h1-8H,9-14H2,(H,22,26)(H,23,27). The number of hydrogen-bond acceptors (Lipinski definition) is 4. The molecule has 0 radical (unpaired) electrons. The molecule has 1 aromatic heterocycles. The Morgan fingerprint density at radius 2 is 1.74 bits per heavy atom. The van der Waals surface area contributed by atoms with Gasteiger partial charge in [0.1, 0.15) is 11.6 Å². The summed E-state index contributed by atoms with van der Waals surface area (Å²) in [5.41, 5.74) is 0.793. The van der Waals surface area contributed by atoms with Gasteiger partial charge in [-0.3, -0.25) is 4.79 Å². The van der Waals surface area contributed by atoms with Gasteiger partial charge in [0.2, 0.25) is 5.91 Å². The molecule has 2 aromatic rings. The molecule has 0 atom stereocenters. The van der Waals surface area contributed by atoms with Crippen molar-refractivity contribution in [2.45, 2.75) is 6.54 Å². The normalized spacial score (nSPS) is 14.0. The van der Waals surface area contributed by atoms with E-state index in [4.69, 9.17) is 0 Å². The number of nitrogens with one attached hydrogen (secondary N) is 2. The summed E-state index contributed by atoms with van der Waals surface area (Å²) >= 11 is 0. The molecule has 0 saturated carbocycles. The molecule has 7 nitrogen and oxygen atoms in total. The average molecular weight is 371 g/mol. The molecule has 1 aliphatic heterocycles. The number of anilines is 1. The Labute approximate surface area is 157 Å². The summed E-state index contributed by atoms with van der Waals surface area (Å²) in [6.45, 7) is 2.72. The summed E-state index contributed by atoms with van der Waals surface area (Å²) in [6, 6.07) is 11.4. The minimum Gasteiger partial charge on any atom is -0.353 e. The van der Waals surface area contributed by atoms with Crippen LogP contribution in [-0.2, 0) is 11.3 Å². The summed E-state index contributed by atoms with van der Waals surface area (Å²) in [6.07, 6.45) is 1.75. The molecule has 1 aromatic carbocycles. The first-order valence-electron chi connectivity index (χ1n) is 8.82. The van der Waals surface area contributed by atoms with E-state index in [1.165, 1.54) is 12.1 Å². The highest BCUT2D eigenvalue weighted by atomic mass is 19.1. The van der Waals surface area contributed by atoms with Crippen molar-refractivity contribution < 1.29 is 14.0 Å². The topological polar surface area (TPSA) is 77.6 Å². The number of aromatic nitrogens is 1. The van der Waals surface area contributed by atoms with E-state index in [0.29, 0.717) is 26.2 Å². The second-order valence-electron chi connectivity index (χ2n) is 6.22. The average Bonchev–Trinajstić information content (AvgIpc) is 2.72. The first-order valence-corrected chi connectivity index (χ1v) is 8.82. The molecule has 3 rings (SSSR count). The van der Waals surface area contributed by atoms with Crippen LogP contribution in [-0.4, -0.2) is 54.5 Å². The van der Waals surface area contributed by atoms with Crippen molar-refractivity contribution in [2.75, 3.05) is 37.6 Å². The number of piperazine rings is 1. The van der Waals surface area contributed by atoms with E-state index in [9.17, 15) is 14.0 Å². The van der Waals surface area contributed by atoms with Crippen LogP contribution < -0.4 is 15.5 Å². The summed E-state index contributed by atoms with van der Waals surface area (Å²) in [4.78, 5) is 32.2. The van der Waals surface area contributed by atoms with Crippen molar-refractivity contribution in [3.05, 3.63) is 60.0 Å². The predicted octanol–water partition coefficient (Wildman–Crippen LogP) is 1.37. The lowest BCUT2D eigenvalue weighted by Crippen LogP contribution is -2.53. The molecule has 2 heterocycles. The smallest absolute Gasteiger partial charge is 0.317 e. The molecule has 0 aliphatic carbocycles. The number of carbonyl (C=O) groups is 2. The van der Waals surface area contributed by atoms with E-state index in [0.717, 1.165) is 11.4 Å². The highest BCUT2D eigenvalue weighted by Gasteiger charge is 2.21. The summed E-state index contributed by atoms with van der Waals surface area (Å²) < 4.78 is 12.8. The number of amides is 3. The molecule has 1 saturated heterocycles. The van der Waals surface area contributed by atoms with E-state index in [2.05, 4.69) is 20.5 Å². The van der Waals surface area contributed by atoms with Crippen LogP contribution in [0.4, 0.5) is 15.0 Å². The number of nitrogens with zero attached hydrogens (tertiary/aromatic N) is 3. The molecule has 3 amide bonds. The molecule has 142 valence electrons. The molecule has 27 heavy (non-hydrogen) atoms. The molecular formula is C19H22FN5O2. The fourth-order valence-electron chi connectivity index (χ4n) is 2.81. The van der Waals surface area contributed by atoms with Crippen LogP contribution in [0, 0.1) is 5.82 Å². The Balaban J connectivity index is 1.37.